The summed E-state index contributed by atoms with van der Waals surface area (Å²) in [5.74, 6) is -1.48. The molecule has 3 aromatic rings. The number of benzene rings is 3. The monoisotopic (exact) mass is 432 g/mol. The van der Waals surface area contributed by atoms with Gasteiger partial charge in [0.15, 0.2) is 0 Å². The minimum Gasteiger partial charge on any atom is -0.494 e. The fourth-order valence-corrected chi connectivity index (χ4v) is 2.93. The Morgan fingerprint density at radius 1 is 0.688 bits per heavy atom. The predicted molar refractivity (Wildman–Crippen MR) is 121 cm³/mol. The van der Waals surface area contributed by atoms with Gasteiger partial charge in [0.1, 0.15) is 22.9 Å². The van der Waals surface area contributed by atoms with E-state index in [2.05, 4.69) is 9.98 Å². The molecular weight excluding hydrogens is 412 g/mol. The molecule has 0 saturated carbocycles. The molecule has 0 aliphatic carbocycles. The van der Waals surface area contributed by atoms with Gasteiger partial charge in [-0.2, -0.15) is 0 Å². The quantitative estimate of drug-likeness (QED) is 0.502. The van der Waals surface area contributed by atoms with Crippen LogP contribution in [-0.4, -0.2) is 48.8 Å². The van der Waals surface area contributed by atoms with Crippen molar-refractivity contribution in [1.29, 1.82) is 0 Å². The van der Waals surface area contributed by atoms with Gasteiger partial charge in [0, 0.05) is 12.4 Å². The zero-order valence-corrected chi connectivity index (χ0v) is 17.4. The number of aliphatic imine (C=N–C) groups is 2. The van der Waals surface area contributed by atoms with Crippen molar-refractivity contribution in [2.24, 2.45) is 9.98 Å². The van der Waals surface area contributed by atoms with Gasteiger partial charge in [-0.05, 0) is 35.4 Å². The van der Waals surface area contributed by atoms with Crippen LogP contribution in [0.2, 0.25) is 0 Å². The highest BCUT2D eigenvalue weighted by molar-refractivity contribution is 5.98. The van der Waals surface area contributed by atoms with Crippen molar-refractivity contribution >= 4 is 35.7 Å². The molecule has 0 saturated heterocycles. The Kier molecular flexibility index (Phi) is 6.97. The SMILES string of the molecule is COc1cccc(C(=O)O)c1N=Cc1ccc(C=Nc2c(OC)cccc2C(=O)O)cc1. The molecule has 3 rings (SSSR count). The molecule has 0 heterocycles. The summed E-state index contributed by atoms with van der Waals surface area (Å²) in [6, 6.07) is 16.5. The highest BCUT2D eigenvalue weighted by atomic mass is 16.5. The smallest absolute Gasteiger partial charge is 0.338 e. The second-order valence-electron chi connectivity index (χ2n) is 6.51. The standard InChI is InChI=1S/C24H20N2O6/c1-31-19-7-3-5-17(23(27)28)21(19)25-13-15-9-11-16(12-10-15)14-26-22-18(24(29)30)6-4-8-20(22)32-2/h3-14H,1-2H3,(H,27,28)(H,29,30). The van der Waals surface area contributed by atoms with E-state index in [4.69, 9.17) is 9.47 Å². The maximum atomic E-state index is 11.5. The van der Waals surface area contributed by atoms with E-state index < -0.39 is 11.9 Å². The van der Waals surface area contributed by atoms with Crippen molar-refractivity contribution in [3.05, 3.63) is 82.9 Å². The molecule has 0 bridgehead atoms. The van der Waals surface area contributed by atoms with Gasteiger partial charge in [-0.15, -0.1) is 0 Å². The van der Waals surface area contributed by atoms with Crippen LogP contribution in [-0.2, 0) is 0 Å². The first kappa shape index (κ1) is 22.2. The second-order valence-corrected chi connectivity index (χ2v) is 6.51. The van der Waals surface area contributed by atoms with Crippen molar-refractivity contribution in [2.75, 3.05) is 14.2 Å². The minimum absolute atomic E-state index is 0.0374. The van der Waals surface area contributed by atoms with Crippen molar-refractivity contribution < 1.29 is 29.3 Å². The van der Waals surface area contributed by atoms with Crippen molar-refractivity contribution in [3.63, 3.8) is 0 Å². The first-order valence-electron chi connectivity index (χ1n) is 9.43. The number of aromatic carboxylic acids is 2. The van der Waals surface area contributed by atoms with Gasteiger partial charge in [0.05, 0.1) is 25.3 Å². The number of carboxylic acid groups (broad SMARTS) is 2. The van der Waals surface area contributed by atoms with Gasteiger partial charge in [-0.1, -0.05) is 36.4 Å². The first-order chi connectivity index (χ1) is 15.4. The Morgan fingerprint density at radius 3 is 1.38 bits per heavy atom. The van der Waals surface area contributed by atoms with Gasteiger partial charge >= 0.3 is 11.9 Å². The molecule has 32 heavy (non-hydrogen) atoms. The number of hydrogen-bond donors (Lipinski definition) is 2. The van der Waals surface area contributed by atoms with Crippen LogP contribution in [0.1, 0.15) is 31.8 Å². The lowest BCUT2D eigenvalue weighted by Crippen LogP contribution is -1.98. The summed E-state index contributed by atoms with van der Waals surface area (Å²) in [7, 11) is 2.90. The molecule has 3 aromatic carbocycles. The molecule has 0 fully saturated rings. The molecular formula is C24H20N2O6. The van der Waals surface area contributed by atoms with E-state index in [1.54, 1.807) is 48.5 Å². The van der Waals surface area contributed by atoms with Crippen molar-refractivity contribution in [2.45, 2.75) is 0 Å². The summed E-state index contributed by atoms with van der Waals surface area (Å²) >= 11 is 0. The van der Waals surface area contributed by atoms with E-state index in [0.29, 0.717) is 11.5 Å². The number of hydrogen-bond acceptors (Lipinski definition) is 6. The van der Waals surface area contributed by atoms with Gasteiger partial charge in [0.25, 0.3) is 0 Å². The van der Waals surface area contributed by atoms with Crippen LogP contribution >= 0.6 is 0 Å². The summed E-state index contributed by atoms with van der Waals surface area (Å²) in [6.07, 6.45) is 3.07. The first-order valence-corrected chi connectivity index (χ1v) is 9.43. The van der Waals surface area contributed by atoms with E-state index >= 15 is 0 Å². The minimum atomic E-state index is -1.10. The number of carbonyl (C=O) groups is 2. The molecule has 0 unspecified atom stereocenters. The predicted octanol–water partition coefficient (Wildman–Crippen LogP) is 4.60. The fraction of sp³-hybridized carbons (Fsp3) is 0.0833. The third-order valence-electron chi connectivity index (χ3n) is 4.52. The lowest BCUT2D eigenvalue weighted by Gasteiger charge is -2.07. The average molecular weight is 432 g/mol. The third-order valence-corrected chi connectivity index (χ3v) is 4.52. The summed E-state index contributed by atoms with van der Waals surface area (Å²) in [5.41, 5.74) is 1.99. The van der Waals surface area contributed by atoms with Crippen LogP contribution in [0.5, 0.6) is 11.5 Å². The van der Waals surface area contributed by atoms with E-state index in [0.717, 1.165) is 11.1 Å². The molecule has 8 heteroatoms. The van der Waals surface area contributed by atoms with Crippen LogP contribution in [0.3, 0.4) is 0 Å². The van der Waals surface area contributed by atoms with Gasteiger partial charge in [-0.25, -0.2) is 9.59 Å². The molecule has 2 N–H and O–H groups in total. The number of carboxylic acids is 2. The maximum absolute atomic E-state index is 11.5. The molecule has 8 nitrogen and oxygen atoms in total. The number of ether oxygens (including phenoxy) is 2. The number of rotatable bonds is 8. The third kappa shape index (κ3) is 4.99. The van der Waals surface area contributed by atoms with Crippen LogP contribution < -0.4 is 9.47 Å². The molecule has 0 aromatic heterocycles. The number of para-hydroxylation sites is 2. The number of methoxy groups -OCH3 is 2. The topological polar surface area (TPSA) is 118 Å². The molecule has 0 amide bonds. The Labute approximate surface area is 184 Å². The lowest BCUT2D eigenvalue weighted by atomic mass is 10.1. The summed E-state index contributed by atoms with van der Waals surface area (Å²) in [6.45, 7) is 0. The van der Waals surface area contributed by atoms with Gasteiger partial charge < -0.3 is 19.7 Å². The summed E-state index contributed by atoms with van der Waals surface area (Å²) in [5, 5.41) is 18.7. The Bertz CT molecular complexity index is 1110. The summed E-state index contributed by atoms with van der Waals surface area (Å²) < 4.78 is 10.4. The van der Waals surface area contributed by atoms with Crippen LogP contribution in [0.25, 0.3) is 0 Å². The highest BCUT2D eigenvalue weighted by Gasteiger charge is 2.14. The number of nitrogens with zero attached hydrogens (tertiary/aromatic N) is 2. The molecule has 0 spiro atoms. The molecule has 0 aliphatic heterocycles. The maximum Gasteiger partial charge on any atom is 0.338 e. The Balaban J connectivity index is 1.85. The van der Waals surface area contributed by atoms with Crippen molar-refractivity contribution in [1.82, 2.24) is 0 Å². The van der Waals surface area contributed by atoms with Crippen molar-refractivity contribution in [3.8, 4) is 11.5 Å². The fourth-order valence-electron chi connectivity index (χ4n) is 2.93. The molecule has 0 aliphatic rings. The van der Waals surface area contributed by atoms with E-state index in [1.807, 2.05) is 0 Å². The Morgan fingerprint density at radius 2 is 1.06 bits per heavy atom. The second kappa shape index (κ2) is 10.0. The molecule has 0 atom stereocenters. The van der Waals surface area contributed by atoms with Crippen LogP contribution in [0, 0.1) is 0 Å². The van der Waals surface area contributed by atoms with E-state index in [9.17, 15) is 19.8 Å². The van der Waals surface area contributed by atoms with Gasteiger partial charge in [-0.3, -0.25) is 9.98 Å². The largest absolute Gasteiger partial charge is 0.494 e. The van der Waals surface area contributed by atoms with E-state index in [-0.39, 0.29) is 22.5 Å². The molecule has 0 radical (unpaired) electrons. The summed E-state index contributed by atoms with van der Waals surface area (Å²) in [4.78, 5) is 31.5. The Hall–Kier alpha value is -4.46. The average Bonchev–Trinajstić information content (AvgIpc) is 2.81. The molecule has 162 valence electrons. The zero-order valence-electron chi connectivity index (χ0n) is 17.4. The van der Waals surface area contributed by atoms with Crippen LogP contribution in [0.15, 0.2) is 70.6 Å². The zero-order chi connectivity index (χ0) is 23.1. The lowest BCUT2D eigenvalue weighted by molar-refractivity contribution is 0.0686. The normalized spacial score (nSPS) is 11.1. The van der Waals surface area contributed by atoms with Gasteiger partial charge in [0.2, 0.25) is 0 Å². The van der Waals surface area contributed by atoms with E-state index in [1.165, 1.54) is 38.8 Å². The van der Waals surface area contributed by atoms with Crippen LogP contribution in [0.4, 0.5) is 11.4 Å². The highest BCUT2D eigenvalue weighted by Crippen LogP contribution is 2.32.